The normalized spacial score (nSPS) is 17.5. The highest BCUT2D eigenvalue weighted by Crippen LogP contribution is 2.44. The second-order valence-electron chi connectivity index (χ2n) is 11.1. The van der Waals surface area contributed by atoms with E-state index < -0.39 is 35.7 Å². The van der Waals surface area contributed by atoms with E-state index in [2.05, 4.69) is 27.7 Å². The van der Waals surface area contributed by atoms with Crippen molar-refractivity contribution in [3.05, 3.63) is 95.6 Å². The monoisotopic (exact) mass is 557 g/mol. The first-order chi connectivity index (χ1) is 19.7. The topological polar surface area (TPSA) is 128 Å². The van der Waals surface area contributed by atoms with Gasteiger partial charge in [-0.15, -0.1) is 0 Å². The summed E-state index contributed by atoms with van der Waals surface area (Å²) in [6, 6.07) is 26.1. The minimum Gasteiger partial charge on any atom is -0.479 e. The van der Waals surface area contributed by atoms with Gasteiger partial charge in [-0.25, -0.2) is 9.59 Å². The second kappa shape index (κ2) is 11.7. The predicted octanol–water partition coefficient (Wildman–Crippen LogP) is 3.51. The summed E-state index contributed by atoms with van der Waals surface area (Å²) in [6.07, 6.45) is -0.126. The van der Waals surface area contributed by atoms with E-state index in [0.717, 1.165) is 34.7 Å². The van der Waals surface area contributed by atoms with Crippen LogP contribution in [0.25, 0.3) is 11.1 Å². The van der Waals surface area contributed by atoms with Gasteiger partial charge in [-0.2, -0.15) is 0 Å². The van der Waals surface area contributed by atoms with Crippen LogP contribution in [0.15, 0.2) is 78.9 Å². The lowest BCUT2D eigenvalue weighted by molar-refractivity contribution is -0.156. The molecule has 9 heteroatoms. The lowest BCUT2D eigenvalue weighted by Gasteiger charge is -2.41. The van der Waals surface area contributed by atoms with Crippen molar-refractivity contribution in [1.82, 2.24) is 15.5 Å². The van der Waals surface area contributed by atoms with E-state index in [1.165, 1.54) is 0 Å². The Kier molecular flexibility index (Phi) is 8.10. The fourth-order valence-electron chi connectivity index (χ4n) is 5.67. The fourth-order valence-corrected chi connectivity index (χ4v) is 5.67. The third-order valence-corrected chi connectivity index (χ3v) is 8.13. The molecule has 0 radical (unpaired) electrons. The maximum absolute atomic E-state index is 13.5. The van der Waals surface area contributed by atoms with Crippen molar-refractivity contribution in [2.24, 2.45) is 0 Å². The van der Waals surface area contributed by atoms with Crippen LogP contribution in [0.1, 0.15) is 42.4 Å². The number of aliphatic carboxylic acids is 1. The smallest absolute Gasteiger partial charge is 0.408 e. The molecule has 1 saturated heterocycles. The Hall–Kier alpha value is -4.21. The third kappa shape index (κ3) is 6.11. The highest BCUT2D eigenvalue weighted by molar-refractivity contribution is 5.91. The fraction of sp³-hybridized carbons (Fsp3) is 0.344. The van der Waals surface area contributed by atoms with Crippen molar-refractivity contribution in [2.75, 3.05) is 26.2 Å². The number of carbonyl (C=O) groups is 3. The highest BCUT2D eigenvalue weighted by atomic mass is 16.5. The first-order valence-corrected chi connectivity index (χ1v) is 13.8. The van der Waals surface area contributed by atoms with Gasteiger partial charge in [0.05, 0.1) is 6.54 Å². The average molecular weight is 558 g/mol. The van der Waals surface area contributed by atoms with Crippen molar-refractivity contribution in [3.63, 3.8) is 0 Å². The van der Waals surface area contributed by atoms with Crippen molar-refractivity contribution in [3.8, 4) is 11.1 Å². The summed E-state index contributed by atoms with van der Waals surface area (Å²) >= 11 is 0. The van der Waals surface area contributed by atoms with Gasteiger partial charge in [0, 0.05) is 25.6 Å². The van der Waals surface area contributed by atoms with Crippen molar-refractivity contribution in [2.45, 2.75) is 43.4 Å². The molecule has 1 unspecified atom stereocenters. The lowest BCUT2D eigenvalue weighted by Crippen LogP contribution is -2.64. The van der Waals surface area contributed by atoms with Crippen LogP contribution in [0.2, 0.25) is 0 Å². The number of hydrogen-bond acceptors (Lipinski definition) is 6. The maximum Gasteiger partial charge on any atom is 0.408 e. The van der Waals surface area contributed by atoms with Gasteiger partial charge in [-0.3, -0.25) is 9.69 Å². The van der Waals surface area contributed by atoms with Crippen molar-refractivity contribution >= 4 is 18.0 Å². The Morgan fingerprint density at radius 1 is 0.927 bits per heavy atom. The van der Waals surface area contributed by atoms with Crippen LogP contribution in [-0.4, -0.2) is 70.5 Å². The van der Waals surface area contributed by atoms with Gasteiger partial charge < -0.3 is 25.6 Å². The zero-order valence-corrected chi connectivity index (χ0v) is 23.0. The third-order valence-electron chi connectivity index (χ3n) is 8.13. The molecule has 4 N–H and O–H groups in total. The first-order valence-electron chi connectivity index (χ1n) is 13.8. The molecular formula is C32H35N3O6. The van der Waals surface area contributed by atoms with Crippen LogP contribution >= 0.6 is 0 Å². The summed E-state index contributed by atoms with van der Waals surface area (Å²) < 4.78 is 5.74. The first kappa shape index (κ1) is 28.3. The van der Waals surface area contributed by atoms with E-state index >= 15 is 0 Å². The summed E-state index contributed by atoms with van der Waals surface area (Å²) in [4.78, 5) is 40.3. The van der Waals surface area contributed by atoms with E-state index in [9.17, 15) is 24.6 Å². The Balaban J connectivity index is 1.28. The molecule has 1 atom stereocenters. The molecule has 1 fully saturated rings. The number of aliphatic hydroxyl groups is 1. The van der Waals surface area contributed by atoms with E-state index in [4.69, 9.17) is 4.74 Å². The minimum atomic E-state index is -2.14. The van der Waals surface area contributed by atoms with Crippen LogP contribution in [-0.2, 0) is 20.9 Å². The van der Waals surface area contributed by atoms with Crippen LogP contribution < -0.4 is 10.6 Å². The van der Waals surface area contributed by atoms with Crippen LogP contribution in [0.5, 0.6) is 0 Å². The molecular weight excluding hydrogens is 522 g/mol. The van der Waals surface area contributed by atoms with Gasteiger partial charge in [0.1, 0.15) is 12.1 Å². The number of carboxylic acid groups (broad SMARTS) is 1. The number of alkyl carbamates (subject to hydrolysis) is 1. The number of benzene rings is 3. The van der Waals surface area contributed by atoms with Crippen molar-refractivity contribution < 1.29 is 29.3 Å². The van der Waals surface area contributed by atoms with Gasteiger partial charge in [-0.1, -0.05) is 78.9 Å². The highest BCUT2D eigenvalue weighted by Gasteiger charge is 2.44. The van der Waals surface area contributed by atoms with E-state index in [0.29, 0.717) is 32.5 Å². The molecule has 2 aliphatic rings. The van der Waals surface area contributed by atoms with Crippen LogP contribution in [0, 0.1) is 0 Å². The Bertz CT molecular complexity index is 1370. The van der Waals surface area contributed by atoms with Gasteiger partial charge in [0.25, 0.3) is 0 Å². The zero-order chi connectivity index (χ0) is 29.0. The zero-order valence-electron chi connectivity index (χ0n) is 23.0. The van der Waals surface area contributed by atoms with E-state index in [-0.39, 0.29) is 12.5 Å². The van der Waals surface area contributed by atoms with Gasteiger partial charge >= 0.3 is 12.1 Å². The molecule has 3 aromatic rings. The van der Waals surface area contributed by atoms with Gasteiger partial charge in [-0.05, 0) is 47.6 Å². The SMILES string of the molecule is CC(O)(CNC(=O)C1(NC(=O)OCC2c3ccccc3-c3ccccc32)CCN(Cc2ccccc2)CC1)C(=O)O. The van der Waals surface area contributed by atoms with Gasteiger partial charge in [0.15, 0.2) is 5.60 Å². The number of likely N-dealkylation sites (tertiary alicyclic amines) is 1. The number of ether oxygens (including phenoxy) is 1. The number of amides is 2. The molecule has 41 heavy (non-hydrogen) atoms. The average Bonchev–Trinajstić information content (AvgIpc) is 3.30. The number of rotatable bonds is 9. The summed E-state index contributed by atoms with van der Waals surface area (Å²) in [5, 5.41) is 24.8. The number of carbonyl (C=O) groups excluding carboxylic acids is 2. The number of nitrogens with one attached hydrogen (secondary N) is 2. The molecule has 0 aromatic heterocycles. The number of nitrogens with zero attached hydrogens (tertiary/aromatic N) is 1. The molecule has 5 rings (SSSR count). The van der Waals surface area contributed by atoms with E-state index in [1.54, 1.807) is 0 Å². The number of piperidine rings is 1. The molecule has 0 bridgehead atoms. The molecule has 0 saturated carbocycles. The number of carboxylic acids is 1. The molecule has 1 heterocycles. The van der Waals surface area contributed by atoms with Crippen LogP contribution in [0.3, 0.4) is 0 Å². The predicted molar refractivity (Wildman–Crippen MR) is 153 cm³/mol. The maximum atomic E-state index is 13.5. The number of fused-ring (bicyclic) bond motifs is 3. The van der Waals surface area contributed by atoms with Gasteiger partial charge in [0.2, 0.25) is 5.91 Å². The molecule has 2 amide bonds. The molecule has 1 aliphatic heterocycles. The Morgan fingerprint density at radius 3 is 2.07 bits per heavy atom. The molecule has 1 aliphatic carbocycles. The standard InChI is InChI=1S/C32H35N3O6/c1-31(40,29(37)38)21-33-28(36)32(15-17-35(18-16-32)19-22-9-3-2-4-10-22)34-30(39)41-20-27-25-13-7-5-11-23(25)24-12-6-8-14-26(24)27/h2-14,27,40H,15-21H2,1H3,(H,33,36)(H,34,39)(H,37,38). The Morgan fingerprint density at radius 2 is 1.49 bits per heavy atom. The summed E-state index contributed by atoms with van der Waals surface area (Å²) in [7, 11) is 0. The van der Waals surface area contributed by atoms with Crippen molar-refractivity contribution in [1.29, 1.82) is 0 Å². The number of hydrogen-bond donors (Lipinski definition) is 4. The summed E-state index contributed by atoms with van der Waals surface area (Å²) in [6.45, 7) is 2.48. The lowest BCUT2D eigenvalue weighted by atomic mass is 9.86. The molecule has 9 nitrogen and oxygen atoms in total. The molecule has 214 valence electrons. The second-order valence-corrected chi connectivity index (χ2v) is 11.1. The Labute approximate surface area is 239 Å². The minimum absolute atomic E-state index is 0.103. The largest absolute Gasteiger partial charge is 0.479 e. The molecule has 0 spiro atoms. The summed E-state index contributed by atoms with van der Waals surface area (Å²) in [5.41, 5.74) is 2.08. The van der Waals surface area contributed by atoms with E-state index in [1.807, 2.05) is 66.7 Å². The summed E-state index contributed by atoms with van der Waals surface area (Å²) in [5.74, 6) is -2.13. The molecule has 3 aromatic carbocycles. The quantitative estimate of drug-likeness (QED) is 0.317. The van der Waals surface area contributed by atoms with Crippen LogP contribution in [0.4, 0.5) is 4.79 Å².